The number of aromatic nitrogens is 4. The van der Waals surface area contributed by atoms with Gasteiger partial charge in [-0.25, -0.2) is 0 Å². The van der Waals surface area contributed by atoms with Crippen LogP contribution >= 0.6 is 23.5 Å². The molecule has 3 fully saturated rings. The van der Waals surface area contributed by atoms with Gasteiger partial charge in [-0.2, -0.15) is 38.5 Å². The number of rotatable bonds is 3. The molecule has 0 aromatic carbocycles. The Morgan fingerprint density at radius 1 is 0.750 bits per heavy atom. The Labute approximate surface area is 196 Å². The molecular formula is C22H29N7OS2. The minimum Gasteiger partial charge on any atom is -0.340 e. The van der Waals surface area contributed by atoms with E-state index in [-0.39, 0.29) is 5.56 Å². The zero-order valence-corrected chi connectivity index (χ0v) is 19.9. The van der Waals surface area contributed by atoms with E-state index in [0.29, 0.717) is 11.8 Å². The van der Waals surface area contributed by atoms with Gasteiger partial charge in [0.05, 0.1) is 0 Å². The number of pyridine rings is 1. The highest BCUT2D eigenvalue weighted by Crippen LogP contribution is 2.36. The molecule has 3 saturated heterocycles. The van der Waals surface area contributed by atoms with E-state index in [9.17, 15) is 4.79 Å². The molecule has 6 rings (SSSR count). The molecule has 0 N–H and O–H groups in total. The van der Waals surface area contributed by atoms with Gasteiger partial charge in [-0.3, -0.25) is 4.79 Å². The van der Waals surface area contributed by atoms with Gasteiger partial charge in [0.25, 0.3) is 5.56 Å². The van der Waals surface area contributed by atoms with Crippen molar-refractivity contribution in [3.63, 3.8) is 0 Å². The molecule has 2 atom stereocenters. The van der Waals surface area contributed by atoms with E-state index in [4.69, 9.17) is 15.0 Å². The molecule has 0 saturated carbocycles. The standard InChI is InChI=1S/C22H29N7OS2/c30-19-3-1-2-18-17-12-16(14-29(18)19)13-28(15-17)22-24-20(26-4-8-31-9-5-26)23-21(25-22)27-6-10-32-11-7-27/h1-3,16-17H,4-15H2/t16-,17-/m0/s1. The third-order valence-corrected chi connectivity index (χ3v) is 8.84. The summed E-state index contributed by atoms with van der Waals surface area (Å²) in [6.45, 7) is 6.51. The topological polar surface area (TPSA) is 70.4 Å². The molecule has 0 unspecified atom stereocenters. The fraction of sp³-hybridized carbons (Fsp3) is 0.636. The van der Waals surface area contributed by atoms with Gasteiger partial charge in [-0.05, 0) is 18.4 Å². The van der Waals surface area contributed by atoms with Gasteiger partial charge in [-0.15, -0.1) is 0 Å². The Bertz CT molecular complexity index is 999. The number of piperidine rings is 1. The van der Waals surface area contributed by atoms with Crippen molar-refractivity contribution in [2.75, 3.05) is 77.0 Å². The minimum absolute atomic E-state index is 0.126. The fourth-order valence-corrected chi connectivity index (χ4v) is 7.16. The van der Waals surface area contributed by atoms with Crippen molar-refractivity contribution in [1.82, 2.24) is 19.5 Å². The highest BCUT2D eigenvalue weighted by molar-refractivity contribution is 7.99. The number of fused-ring (bicyclic) bond motifs is 4. The summed E-state index contributed by atoms with van der Waals surface area (Å²) in [5, 5.41) is 0. The number of anilines is 3. The van der Waals surface area contributed by atoms with Crippen molar-refractivity contribution in [1.29, 1.82) is 0 Å². The van der Waals surface area contributed by atoms with Crippen molar-refractivity contribution < 1.29 is 0 Å². The number of nitrogens with zero attached hydrogens (tertiary/aromatic N) is 7. The van der Waals surface area contributed by atoms with Gasteiger partial charge in [-0.1, -0.05) is 6.07 Å². The van der Waals surface area contributed by atoms with Crippen molar-refractivity contribution in [2.24, 2.45) is 5.92 Å². The zero-order chi connectivity index (χ0) is 21.5. The molecule has 170 valence electrons. The maximum Gasteiger partial charge on any atom is 0.250 e. The summed E-state index contributed by atoms with van der Waals surface area (Å²) in [6, 6.07) is 5.70. The number of thioether (sulfide) groups is 2. The molecule has 10 heteroatoms. The Kier molecular flexibility index (Phi) is 5.66. The largest absolute Gasteiger partial charge is 0.340 e. The molecule has 8 nitrogen and oxygen atoms in total. The molecule has 0 spiro atoms. The summed E-state index contributed by atoms with van der Waals surface area (Å²) in [4.78, 5) is 34.3. The van der Waals surface area contributed by atoms with Crippen LogP contribution in [0.3, 0.4) is 0 Å². The van der Waals surface area contributed by atoms with Crippen molar-refractivity contribution in [3.05, 3.63) is 34.2 Å². The van der Waals surface area contributed by atoms with E-state index in [2.05, 4.69) is 20.8 Å². The Morgan fingerprint density at radius 3 is 1.97 bits per heavy atom. The van der Waals surface area contributed by atoms with Crippen LogP contribution in [-0.4, -0.2) is 81.8 Å². The van der Waals surface area contributed by atoms with E-state index in [0.717, 1.165) is 98.8 Å². The van der Waals surface area contributed by atoms with E-state index in [1.165, 1.54) is 0 Å². The lowest BCUT2D eigenvalue weighted by atomic mass is 9.83. The molecule has 32 heavy (non-hydrogen) atoms. The van der Waals surface area contributed by atoms with Gasteiger partial charge < -0.3 is 19.3 Å². The molecule has 4 aliphatic rings. The first kappa shape index (κ1) is 20.7. The predicted octanol–water partition coefficient (Wildman–Crippen LogP) is 1.76. The van der Waals surface area contributed by atoms with Crippen LogP contribution in [0, 0.1) is 5.92 Å². The van der Waals surface area contributed by atoms with Crippen LogP contribution in [0.2, 0.25) is 0 Å². The Morgan fingerprint density at radius 2 is 1.34 bits per heavy atom. The second kappa shape index (κ2) is 8.78. The van der Waals surface area contributed by atoms with Crippen LogP contribution < -0.4 is 20.3 Å². The SMILES string of the molecule is O=c1cccc2n1C[C@H]1C[C@H]2CN(c2nc(N3CCSCC3)nc(N3CCSCC3)n2)C1. The summed E-state index contributed by atoms with van der Waals surface area (Å²) >= 11 is 4.00. The molecule has 4 aliphatic heterocycles. The average molecular weight is 472 g/mol. The van der Waals surface area contributed by atoms with E-state index >= 15 is 0 Å². The molecule has 6 heterocycles. The van der Waals surface area contributed by atoms with Crippen molar-refractivity contribution >= 4 is 41.4 Å². The van der Waals surface area contributed by atoms with Crippen LogP contribution in [0.4, 0.5) is 17.8 Å². The molecule has 2 aromatic heterocycles. The monoisotopic (exact) mass is 471 g/mol. The molecule has 2 bridgehead atoms. The number of hydrogen-bond donors (Lipinski definition) is 0. The minimum atomic E-state index is 0.126. The van der Waals surface area contributed by atoms with E-state index in [1.807, 2.05) is 34.2 Å². The van der Waals surface area contributed by atoms with Crippen LogP contribution in [0.1, 0.15) is 18.0 Å². The van der Waals surface area contributed by atoms with Crippen LogP contribution in [0.15, 0.2) is 23.0 Å². The lowest BCUT2D eigenvalue weighted by Crippen LogP contribution is -2.48. The Balaban J connectivity index is 1.34. The summed E-state index contributed by atoms with van der Waals surface area (Å²) in [5.74, 6) is 7.74. The third kappa shape index (κ3) is 3.96. The first-order valence-electron chi connectivity index (χ1n) is 11.6. The van der Waals surface area contributed by atoms with Gasteiger partial charge in [0.2, 0.25) is 17.8 Å². The maximum absolute atomic E-state index is 12.4. The van der Waals surface area contributed by atoms with Gasteiger partial charge in [0, 0.05) is 86.5 Å². The summed E-state index contributed by atoms with van der Waals surface area (Å²) < 4.78 is 1.98. The second-order valence-electron chi connectivity index (χ2n) is 9.04. The highest BCUT2D eigenvalue weighted by atomic mass is 32.2. The lowest BCUT2D eigenvalue weighted by molar-refractivity contribution is 0.279. The highest BCUT2D eigenvalue weighted by Gasteiger charge is 2.36. The van der Waals surface area contributed by atoms with Gasteiger partial charge >= 0.3 is 0 Å². The third-order valence-electron chi connectivity index (χ3n) is 6.95. The summed E-state index contributed by atoms with van der Waals surface area (Å²) in [7, 11) is 0. The predicted molar refractivity (Wildman–Crippen MR) is 133 cm³/mol. The molecule has 0 radical (unpaired) electrons. The van der Waals surface area contributed by atoms with Crippen molar-refractivity contribution in [2.45, 2.75) is 18.9 Å². The zero-order valence-electron chi connectivity index (χ0n) is 18.2. The molecule has 2 aromatic rings. The van der Waals surface area contributed by atoms with Gasteiger partial charge in [0.15, 0.2) is 0 Å². The Hall–Kier alpha value is -1.94. The van der Waals surface area contributed by atoms with Gasteiger partial charge in [0.1, 0.15) is 0 Å². The summed E-state index contributed by atoms with van der Waals surface area (Å²) in [6.07, 6.45) is 1.14. The molecule has 0 amide bonds. The van der Waals surface area contributed by atoms with Crippen LogP contribution in [0.5, 0.6) is 0 Å². The normalized spacial score (nSPS) is 25.6. The first-order chi connectivity index (χ1) is 15.7. The van der Waals surface area contributed by atoms with E-state index < -0.39 is 0 Å². The van der Waals surface area contributed by atoms with Crippen LogP contribution in [-0.2, 0) is 6.54 Å². The number of hydrogen-bond acceptors (Lipinski definition) is 9. The smallest absolute Gasteiger partial charge is 0.250 e. The average Bonchev–Trinajstić information content (AvgIpc) is 2.85. The van der Waals surface area contributed by atoms with E-state index in [1.54, 1.807) is 6.07 Å². The fourth-order valence-electron chi connectivity index (χ4n) is 5.35. The quantitative estimate of drug-likeness (QED) is 0.666. The lowest BCUT2D eigenvalue weighted by Gasteiger charge is -2.43. The first-order valence-corrected chi connectivity index (χ1v) is 13.9. The van der Waals surface area contributed by atoms with Crippen molar-refractivity contribution in [3.8, 4) is 0 Å². The molecule has 0 aliphatic carbocycles. The maximum atomic E-state index is 12.4. The van der Waals surface area contributed by atoms with Crippen LogP contribution in [0.25, 0.3) is 0 Å². The second-order valence-corrected chi connectivity index (χ2v) is 11.5. The summed E-state index contributed by atoms with van der Waals surface area (Å²) in [5.41, 5.74) is 1.29. The molecular weight excluding hydrogens is 442 g/mol.